The largest absolute Gasteiger partial charge is 0.494 e. The van der Waals surface area contributed by atoms with E-state index >= 15 is 0 Å². The molecule has 1 unspecified atom stereocenters. The summed E-state index contributed by atoms with van der Waals surface area (Å²) < 4.78 is 65.8. The van der Waals surface area contributed by atoms with E-state index in [4.69, 9.17) is 9.84 Å². The summed E-state index contributed by atoms with van der Waals surface area (Å²) in [7, 11) is 0. The van der Waals surface area contributed by atoms with Gasteiger partial charge < -0.3 is 19.3 Å². The fraction of sp³-hybridized carbons (Fsp3) is 0.441. The molecule has 0 fully saturated rings. The average molecular weight is 636 g/mol. The number of pyridine rings is 1. The highest BCUT2D eigenvalue weighted by molar-refractivity contribution is 5.88. The number of nitrogens with zero attached hydrogens (tertiary/aromatic N) is 1. The average Bonchev–Trinajstić information content (AvgIpc) is 3.03. The summed E-state index contributed by atoms with van der Waals surface area (Å²) in [5.74, 6) is -8.29. The van der Waals surface area contributed by atoms with Crippen molar-refractivity contribution in [2.24, 2.45) is 0 Å². The van der Waals surface area contributed by atoms with Crippen molar-refractivity contribution >= 4 is 11.9 Å². The van der Waals surface area contributed by atoms with Crippen LogP contribution in [-0.4, -0.2) is 47.3 Å². The molecule has 0 radical (unpaired) electrons. The Morgan fingerprint density at radius 3 is 1.93 bits per heavy atom. The topological polar surface area (TPSA) is 95.0 Å². The molecule has 1 atom stereocenters. The van der Waals surface area contributed by atoms with Crippen LogP contribution in [0.5, 0.6) is 11.6 Å². The predicted octanol–water partition coefficient (Wildman–Crippen LogP) is 9.21. The molecule has 0 spiro atoms. The molecule has 1 heterocycles. The molecule has 246 valence electrons. The van der Waals surface area contributed by atoms with Crippen molar-refractivity contribution in [2.45, 2.75) is 83.7 Å². The minimum Gasteiger partial charge on any atom is -0.494 e. The molecule has 0 bridgehead atoms. The SMILES string of the molecule is CCCCCCCCCCOc1ccc(-c2ccccc2)cc1.CCCOC(F)(C(=O)Oc1cc(C(=O)O)ccn1)C(F)(F)F. The number of benzene rings is 2. The van der Waals surface area contributed by atoms with E-state index in [2.05, 4.69) is 69.9 Å². The van der Waals surface area contributed by atoms with Crippen LogP contribution in [0.25, 0.3) is 11.1 Å². The second-order valence-electron chi connectivity index (χ2n) is 10.2. The number of esters is 1. The number of halogens is 4. The van der Waals surface area contributed by atoms with Gasteiger partial charge in [-0.05, 0) is 42.2 Å². The van der Waals surface area contributed by atoms with Crippen LogP contribution in [0.2, 0.25) is 0 Å². The van der Waals surface area contributed by atoms with Gasteiger partial charge in [0.2, 0.25) is 5.88 Å². The number of carbonyl (C=O) groups is 2. The Morgan fingerprint density at radius 2 is 1.36 bits per heavy atom. The zero-order chi connectivity index (χ0) is 33.1. The van der Waals surface area contributed by atoms with E-state index < -0.39 is 42.0 Å². The van der Waals surface area contributed by atoms with Gasteiger partial charge in [-0.15, -0.1) is 0 Å². The summed E-state index contributed by atoms with van der Waals surface area (Å²) in [5, 5.41) is 8.70. The fourth-order valence-corrected chi connectivity index (χ4v) is 4.06. The molecule has 0 saturated carbocycles. The third-order valence-corrected chi connectivity index (χ3v) is 6.54. The highest BCUT2D eigenvalue weighted by atomic mass is 19.4. The third-order valence-electron chi connectivity index (χ3n) is 6.54. The molecule has 0 aliphatic carbocycles. The van der Waals surface area contributed by atoms with Crippen LogP contribution in [0.4, 0.5) is 17.6 Å². The van der Waals surface area contributed by atoms with Gasteiger partial charge in [-0.1, -0.05) is 101 Å². The van der Waals surface area contributed by atoms with Crippen LogP contribution in [0.15, 0.2) is 72.9 Å². The molecule has 3 rings (SSSR count). The molecule has 0 saturated heterocycles. The summed E-state index contributed by atoms with van der Waals surface area (Å²) in [6.07, 6.45) is 5.95. The molecule has 0 aliphatic heterocycles. The maximum atomic E-state index is 13.9. The summed E-state index contributed by atoms with van der Waals surface area (Å²) >= 11 is 0. The number of carbonyl (C=O) groups excluding carboxylic acids is 1. The van der Waals surface area contributed by atoms with Crippen LogP contribution in [-0.2, 0) is 9.53 Å². The van der Waals surface area contributed by atoms with E-state index in [0.717, 1.165) is 31.0 Å². The number of aromatic carboxylic acids is 1. The van der Waals surface area contributed by atoms with Gasteiger partial charge in [0.05, 0.1) is 18.8 Å². The number of ether oxygens (including phenoxy) is 3. The fourth-order valence-electron chi connectivity index (χ4n) is 4.06. The van der Waals surface area contributed by atoms with Gasteiger partial charge in [-0.25, -0.2) is 14.6 Å². The van der Waals surface area contributed by atoms with Crippen LogP contribution in [0.3, 0.4) is 0 Å². The van der Waals surface area contributed by atoms with E-state index in [1.54, 1.807) is 0 Å². The first-order valence-electron chi connectivity index (χ1n) is 15.1. The number of hydrogen-bond acceptors (Lipinski definition) is 6. The van der Waals surface area contributed by atoms with Gasteiger partial charge >= 0.3 is 24.0 Å². The highest BCUT2D eigenvalue weighted by Gasteiger charge is 2.65. The van der Waals surface area contributed by atoms with Gasteiger partial charge in [-0.3, -0.25) is 0 Å². The highest BCUT2D eigenvalue weighted by Crippen LogP contribution is 2.36. The molecule has 11 heteroatoms. The van der Waals surface area contributed by atoms with Crippen molar-refractivity contribution < 1.29 is 46.5 Å². The van der Waals surface area contributed by atoms with E-state index in [9.17, 15) is 27.2 Å². The molecular formula is C34H41F4NO6. The van der Waals surface area contributed by atoms with Crippen molar-refractivity contribution in [1.82, 2.24) is 4.98 Å². The van der Waals surface area contributed by atoms with Crippen LogP contribution in [0, 0.1) is 0 Å². The lowest BCUT2D eigenvalue weighted by atomic mass is 10.1. The van der Waals surface area contributed by atoms with Gasteiger partial charge in [-0.2, -0.15) is 17.6 Å². The summed E-state index contributed by atoms with van der Waals surface area (Å²) in [5.41, 5.74) is 2.09. The third kappa shape index (κ3) is 12.9. The Labute approximate surface area is 261 Å². The molecule has 3 aromatic rings. The number of alkyl halides is 4. The number of hydrogen-bond donors (Lipinski definition) is 1. The molecule has 1 N–H and O–H groups in total. The summed E-state index contributed by atoms with van der Waals surface area (Å²) in [6, 6.07) is 20.6. The normalized spacial score (nSPS) is 12.4. The van der Waals surface area contributed by atoms with Gasteiger partial charge in [0.15, 0.2) is 0 Å². The second kappa shape index (κ2) is 19.4. The molecule has 0 amide bonds. The van der Waals surface area contributed by atoms with Gasteiger partial charge in [0.25, 0.3) is 0 Å². The van der Waals surface area contributed by atoms with Crippen molar-refractivity contribution in [1.29, 1.82) is 0 Å². The van der Waals surface area contributed by atoms with Crippen molar-refractivity contribution in [3.05, 3.63) is 78.5 Å². The van der Waals surface area contributed by atoms with Gasteiger partial charge in [0, 0.05) is 12.3 Å². The zero-order valence-electron chi connectivity index (χ0n) is 25.7. The van der Waals surface area contributed by atoms with Gasteiger partial charge in [0.1, 0.15) is 5.75 Å². The number of unbranched alkanes of at least 4 members (excludes halogenated alkanes) is 7. The van der Waals surface area contributed by atoms with Crippen molar-refractivity contribution in [3.63, 3.8) is 0 Å². The Kier molecular flexibility index (Phi) is 16.0. The molecule has 7 nitrogen and oxygen atoms in total. The van der Waals surface area contributed by atoms with E-state index in [1.807, 2.05) is 6.07 Å². The lowest BCUT2D eigenvalue weighted by Crippen LogP contribution is -2.52. The number of carboxylic acid groups (broad SMARTS) is 1. The van der Waals surface area contributed by atoms with E-state index in [1.165, 1.54) is 63.0 Å². The summed E-state index contributed by atoms with van der Waals surface area (Å²) in [6.45, 7) is 3.84. The zero-order valence-corrected chi connectivity index (χ0v) is 25.7. The first kappa shape index (κ1) is 37.2. The van der Waals surface area contributed by atoms with Crippen molar-refractivity contribution in [3.8, 4) is 22.8 Å². The number of rotatable bonds is 17. The minimum atomic E-state index is -5.66. The lowest BCUT2D eigenvalue weighted by Gasteiger charge is -2.25. The minimum absolute atomic E-state index is 0.0295. The first-order chi connectivity index (χ1) is 21.5. The first-order valence-corrected chi connectivity index (χ1v) is 15.1. The monoisotopic (exact) mass is 635 g/mol. The Morgan fingerprint density at radius 1 is 0.756 bits per heavy atom. The second-order valence-corrected chi connectivity index (χ2v) is 10.2. The maximum absolute atomic E-state index is 13.9. The van der Waals surface area contributed by atoms with E-state index in [-0.39, 0.29) is 6.42 Å². The van der Waals surface area contributed by atoms with E-state index in [0.29, 0.717) is 6.07 Å². The Hall–Kier alpha value is -3.99. The van der Waals surface area contributed by atoms with Crippen molar-refractivity contribution in [2.75, 3.05) is 13.2 Å². The smallest absolute Gasteiger partial charge is 0.460 e. The molecule has 0 aliphatic rings. The van der Waals surface area contributed by atoms with Crippen LogP contribution in [0.1, 0.15) is 82.0 Å². The van der Waals surface area contributed by atoms with Crippen LogP contribution >= 0.6 is 0 Å². The quantitative estimate of drug-likeness (QED) is 0.0898. The molecule has 1 aromatic heterocycles. The maximum Gasteiger partial charge on any atom is 0.460 e. The molecule has 2 aromatic carbocycles. The number of carboxylic acids is 1. The standard InChI is InChI=1S/C22H30O.C12H11F4NO5/c1-2-3-4-5-6-7-8-12-19-23-22-17-15-21(16-18-22)20-13-10-9-11-14-20;1-2-5-21-11(13,12(14,15)16)10(20)22-8-6-7(9(18)19)3-4-17-8/h9-11,13-18H,2-8,12,19H2,1H3;3-4,6H,2,5H2,1H3,(H,18,19). The van der Waals surface area contributed by atoms with Crippen LogP contribution < -0.4 is 9.47 Å². The predicted molar refractivity (Wildman–Crippen MR) is 163 cm³/mol. The summed E-state index contributed by atoms with van der Waals surface area (Å²) in [4.78, 5) is 25.5. The molecular weight excluding hydrogens is 594 g/mol. The Balaban J connectivity index is 0.000000314. The molecule has 45 heavy (non-hydrogen) atoms. The Bertz CT molecular complexity index is 1290. The lowest BCUT2D eigenvalue weighted by molar-refractivity contribution is -0.320. The number of aromatic nitrogens is 1.